The average Bonchev–Trinajstić information content (AvgIpc) is 2.62. The Morgan fingerprint density at radius 2 is 2.00 bits per heavy atom. The number of nitrogens with one attached hydrogen (secondary N) is 1. The number of carbonyl (C=O) groups is 1. The third kappa shape index (κ3) is 3.73. The highest BCUT2D eigenvalue weighted by Gasteiger charge is 2.20. The van der Waals surface area contributed by atoms with E-state index in [-0.39, 0.29) is 5.91 Å². The van der Waals surface area contributed by atoms with E-state index >= 15 is 0 Å². The van der Waals surface area contributed by atoms with Crippen molar-refractivity contribution in [3.63, 3.8) is 0 Å². The zero-order valence-electron chi connectivity index (χ0n) is 13.9. The molecule has 0 atom stereocenters. The molecule has 126 valence electrons. The van der Waals surface area contributed by atoms with Crippen LogP contribution in [-0.4, -0.2) is 54.1 Å². The maximum absolute atomic E-state index is 11.4. The van der Waals surface area contributed by atoms with Gasteiger partial charge in [0.1, 0.15) is 11.6 Å². The van der Waals surface area contributed by atoms with E-state index in [0.717, 1.165) is 30.3 Å². The van der Waals surface area contributed by atoms with Crippen LogP contribution in [0.3, 0.4) is 0 Å². The van der Waals surface area contributed by atoms with E-state index in [1.165, 1.54) is 0 Å². The van der Waals surface area contributed by atoms with Crippen molar-refractivity contribution in [1.82, 2.24) is 14.9 Å². The van der Waals surface area contributed by atoms with E-state index in [2.05, 4.69) is 20.2 Å². The minimum absolute atomic E-state index is 0.115. The zero-order valence-corrected chi connectivity index (χ0v) is 13.9. The number of hydrogen-bond donors (Lipinski definition) is 1. The predicted molar refractivity (Wildman–Crippen MR) is 92.8 cm³/mol. The fraction of sp³-hybridized carbons (Fsp3) is 0.353. The Hall–Kier alpha value is -2.83. The molecule has 0 unspecified atom stereocenters. The number of methoxy groups -OCH3 is 1. The summed E-state index contributed by atoms with van der Waals surface area (Å²) in [6.07, 6.45) is 1.74. The number of carbonyl (C=O) groups excluding carboxylic acids is 1. The van der Waals surface area contributed by atoms with Crippen LogP contribution in [-0.2, 0) is 4.79 Å². The number of rotatable bonds is 4. The lowest BCUT2D eigenvalue weighted by molar-refractivity contribution is -0.129. The molecular formula is C17H21N5O2. The summed E-state index contributed by atoms with van der Waals surface area (Å²) >= 11 is 0. The van der Waals surface area contributed by atoms with Crippen molar-refractivity contribution < 1.29 is 9.53 Å². The molecule has 2 heterocycles. The molecule has 2 aromatic rings. The van der Waals surface area contributed by atoms with Crippen LogP contribution in [0.25, 0.3) is 0 Å². The van der Waals surface area contributed by atoms with Gasteiger partial charge in [-0.25, -0.2) is 4.98 Å². The number of piperazine rings is 1. The molecule has 1 fully saturated rings. The average molecular weight is 327 g/mol. The number of nitrogens with zero attached hydrogens (tertiary/aromatic N) is 4. The van der Waals surface area contributed by atoms with E-state index in [1.54, 1.807) is 20.2 Å². The minimum atomic E-state index is 0.115. The molecule has 1 amide bonds. The van der Waals surface area contributed by atoms with Crippen LogP contribution in [0.15, 0.2) is 36.5 Å². The number of ether oxygens (including phenoxy) is 1. The van der Waals surface area contributed by atoms with Crippen LogP contribution < -0.4 is 15.0 Å². The number of hydrogen-bond acceptors (Lipinski definition) is 6. The molecule has 0 saturated carbocycles. The molecule has 1 aliphatic heterocycles. The highest BCUT2D eigenvalue weighted by molar-refractivity contribution is 5.73. The van der Waals surface area contributed by atoms with Gasteiger partial charge in [0.2, 0.25) is 11.9 Å². The summed E-state index contributed by atoms with van der Waals surface area (Å²) in [5.41, 5.74) is 0.903. The summed E-state index contributed by atoms with van der Waals surface area (Å²) in [5.74, 6) is 2.30. The first-order valence-corrected chi connectivity index (χ1v) is 7.90. The fourth-order valence-electron chi connectivity index (χ4n) is 2.64. The van der Waals surface area contributed by atoms with Crippen molar-refractivity contribution in [3.05, 3.63) is 36.5 Å². The minimum Gasteiger partial charge on any atom is -0.497 e. The van der Waals surface area contributed by atoms with E-state index < -0.39 is 0 Å². The van der Waals surface area contributed by atoms with Crippen molar-refractivity contribution in [3.8, 4) is 5.75 Å². The normalized spacial score (nSPS) is 14.4. The molecule has 1 aliphatic rings. The van der Waals surface area contributed by atoms with Crippen LogP contribution >= 0.6 is 0 Å². The standard InChI is InChI=1S/C17H21N5O2/c1-13(23)21-8-10-22(11-9-21)17-18-7-6-16(20-17)19-14-4-3-5-15(12-14)24-2/h3-7,12H,8-11H2,1-2H3,(H,18,19,20). The summed E-state index contributed by atoms with van der Waals surface area (Å²) in [4.78, 5) is 24.3. The van der Waals surface area contributed by atoms with Gasteiger partial charge in [-0.15, -0.1) is 0 Å². The molecule has 3 rings (SSSR count). The summed E-state index contributed by atoms with van der Waals surface area (Å²) in [6.45, 7) is 4.48. The zero-order chi connectivity index (χ0) is 16.9. The summed E-state index contributed by atoms with van der Waals surface area (Å²) in [5, 5.41) is 3.26. The van der Waals surface area contributed by atoms with Crippen molar-refractivity contribution in [1.29, 1.82) is 0 Å². The van der Waals surface area contributed by atoms with Gasteiger partial charge >= 0.3 is 0 Å². The van der Waals surface area contributed by atoms with Gasteiger partial charge in [-0.05, 0) is 18.2 Å². The van der Waals surface area contributed by atoms with Crippen LogP contribution in [0, 0.1) is 0 Å². The number of anilines is 3. The molecule has 0 spiro atoms. The SMILES string of the molecule is COc1cccc(Nc2ccnc(N3CCN(C(C)=O)CC3)n2)c1. The molecule has 7 nitrogen and oxygen atoms in total. The smallest absolute Gasteiger partial charge is 0.227 e. The second-order valence-corrected chi connectivity index (χ2v) is 5.59. The summed E-state index contributed by atoms with van der Waals surface area (Å²) in [7, 11) is 1.64. The Morgan fingerprint density at radius 1 is 1.21 bits per heavy atom. The molecule has 24 heavy (non-hydrogen) atoms. The summed E-state index contributed by atoms with van der Waals surface area (Å²) in [6, 6.07) is 9.51. The Bertz CT molecular complexity index is 714. The van der Waals surface area contributed by atoms with Gasteiger partial charge < -0.3 is 19.9 Å². The molecule has 0 radical (unpaired) electrons. The fourth-order valence-corrected chi connectivity index (χ4v) is 2.64. The maximum atomic E-state index is 11.4. The summed E-state index contributed by atoms with van der Waals surface area (Å²) < 4.78 is 5.23. The van der Waals surface area contributed by atoms with Gasteiger partial charge in [-0.3, -0.25) is 4.79 Å². The Labute approximate surface area is 141 Å². The van der Waals surface area contributed by atoms with E-state index in [1.807, 2.05) is 35.2 Å². The van der Waals surface area contributed by atoms with Gasteiger partial charge in [0.05, 0.1) is 7.11 Å². The maximum Gasteiger partial charge on any atom is 0.227 e. The predicted octanol–water partition coefficient (Wildman–Crippen LogP) is 1.90. The highest BCUT2D eigenvalue weighted by Crippen LogP contribution is 2.21. The van der Waals surface area contributed by atoms with Gasteiger partial charge in [0.25, 0.3) is 0 Å². The number of amides is 1. The Morgan fingerprint density at radius 3 is 2.71 bits per heavy atom. The van der Waals surface area contributed by atoms with Crippen LogP contribution in [0.4, 0.5) is 17.5 Å². The second-order valence-electron chi connectivity index (χ2n) is 5.59. The van der Waals surface area contributed by atoms with Crippen molar-refractivity contribution in [2.75, 3.05) is 43.5 Å². The third-order valence-corrected chi connectivity index (χ3v) is 3.99. The Kier molecular flexibility index (Phi) is 4.79. The second kappa shape index (κ2) is 7.16. The van der Waals surface area contributed by atoms with Gasteiger partial charge in [0.15, 0.2) is 0 Å². The van der Waals surface area contributed by atoms with Crippen molar-refractivity contribution in [2.45, 2.75) is 6.92 Å². The van der Waals surface area contributed by atoms with E-state index in [4.69, 9.17) is 4.74 Å². The third-order valence-electron chi connectivity index (χ3n) is 3.99. The van der Waals surface area contributed by atoms with Gasteiger partial charge in [-0.1, -0.05) is 6.07 Å². The largest absolute Gasteiger partial charge is 0.497 e. The molecule has 7 heteroatoms. The van der Waals surface area contributed by atoms with Crippen molar-refractivity contribution in [2.24, 2.45) is 0 Å². The first-order valence-electron chi connectivity index (χ1n) is 7.90. The first-order chi connectivity index (χ1) is 11.7. The van der Waals surface area contributed by atoms with Crippen LogP contribution in [0.5, 0.6) is 5.75 Å². The highest BCUT2D eigenvalue weighted by atomic mass is 16.5. The molecule has 1 aromatic heterocycles. The molecule has 0 bridgehead atoms. The lowest BCUT2D eigenvalue weighted by atomic mass is 10.3. The van der Waals surface area contributed by atoms with E-state index in [0.29, 0.717) is 19.0 Å². The van der Waals surface area contributed by atoms with E-state index in [9.17, 15) is 4.79 Å². The number of benzene rings is 1. The van der Waals surface area contributed by atoms with Gasteiger partial charge in [-0.2, -0.15) is 4.98 Å². The van der Waals surface area contributed by atoms with Gasteiger partial charge in [0, 0.05) is 51.1 Å². The molecule has 0 aliphatic carbocycles. The molecule has 1 N–H and O–H groups in total. The van der Waals surface area contributed by atoms with Crippen LogP contribution in [0.2, 0.25) is 0 Å². The number of aromatic nitrogens is 2. The molecule has 1 saturated heterocycles. The quantitative estimate of drug-likeness (QED) is 0.925. The molecule has 1 aromatic carbocycles. The molecular weight excluding hydrogens is 306 g/mol. The van der Waals surface area contributed by atoms with Crippen molar-refractivity contribution >= 4 is 23.4 Å². The lowest BCUT2D eigenvalue weighted by Gasteiger charge is -2.34. The first kappa shape index (κ1) is 16.0. The monoisotopic (exact) mass is 327 g/mol. The lowest BCUT2D eigenvalue weighted by Crippen LogP contribution is -2.48. The Balaban J connectivity index is 1.69. The topological polar surface area (TPSA) is 70.6 Å². The van der Waals surface area contributed by atoms with Crippen LogP contribution in [0.1, 0.15) is 6.92 Å².